The van der Waals surface area contributed by atoms with Crippen molar-refractivity contribution in [1.82, 2.24) is 14.7 Å². The highest BCUT2D eigenvalue weighted by Crippen LogP contribution is 2.37. The Morgan fingerprint density at radius 1 is 1.32 bits per heavy atom. The van der Waals surface area contributed by atoms with Gasteiger partial charge in [-0.15, -0.1) is 0 Å². The minimum Gasteiger partial charge on any atom is -0.328 e. The molecule has 2 bridgehead atoms. The predicted molar refractivity (Wildman–Crippen MR) is 77.2 cm³/mol. The molecule has 0 aliphatic carbocycles. The van der Waals surface area contributed by atoms with E-state index in [-0.39, 0.29) is 0 Å². The van der Waals surface area contributed by atoms with E-state index < -0.39 is 0 Å². The largest absolute Gasteiger partial charge is 0.328 e. The van der Waals surface area contributed by atoms with E-state index >= 15 is 0 Å². The second-order valence-corrected chi connectivity index (χ2v) is 6.35. The maximum atomic E-state index is 6.46. The van der Waals surface area contributed by atoms with Gasteiger partial charge < -0.3 is 5.73 Å². The van der Waals surface area contributed by atoms with Gasteiger partial charge in [-0.25, -0.2) is 0 Å². The molecule has 3 heterocycles. The molecule has 19 heavy (non-hydrogen) atoms. The standard InChI is InChI=1S/C14H23ClN4/c1-3-12-14(15)13(18(2)17-12)8-19-10-4-5-11(19)7-9(16)6-10/h9-11H,3-8,16H2,1-2H3. The van der Waals surface area contributed by atoms with Crippen molar-refractivity contribution in [2.24, 2.45) is 12.8 Å². The SMILES string of the molecule is CCc1nn(C)c(CN2C3CCC2CC(N)C3)c1Cl. The summed E-state index contributed by atoms with van der Waals surface area (Å²) in [4.78, 5) is 2.60. The Hall–Kier alpha value is -0.580. The summed E-state index contributed by atoms with van der Waals surface area (Å²) < 4.78 is 1.95. The molecular formula is C14H23ClN4. The Morgan fingerprint density at radius 2 is 1.95 bits per heavy atom. The fraction of sp³-hybridized carbons (Fsp3) is 0.786. The Balaban J connectivity index is 1.81. The molecule has 2 N–H and O–H groups in total. The van der Waals surface area contributed by atoms with Gasteiger partial charge in [0.25, 0.3) is 0 Å². The first-order valence-corrected chi connectivity index (χ1v) is 7.69. The highest BCUT2D eigenvalue weighted by atomic mass is 35.5. The number of piperidine rings is 1. The monoisotopic (exact) mass is 282 g/mol. The molecule has 1 aromatic heterocycles. The fourth-order valence-electron chi connectivity index (χ4n) is 3.74. The number of nitrogens with two attached hydrogens (primary N) is 1. The molecule has 2 atom stereocenters. The van der Waals surface area contributed by atoms with Crippen LogP contribution in [0.3, 0.4) is 0 Å². The van der Waals surface area contributed by atoms with Crippen molar-refractivity contribution in [3.8, 4) is 0 Å². The lowest BCUT2D eigenvalue weighted by atomic mass is 9.98. The number of hydrogen-bond donors (Lipinski definition) is 1. The number of fused-ring (bicyclic) bond motifs is 2. The van der Waals surface area contributed by atoms with E-state index in [1.54, 1.807) is 0 Å². The van der Waals surface area contributed by atoms with Crippen LogP contribution in [0.25, 0.3) is 0 Å². The summed E-state index contributed by atoms with van der Waals surface area (Å²) in [5.74, 6) is 0. The van der Waals surface area contributed by atoms with Crippen molar-refractivity contribution < 1.29 is 0 Å². The molecule has 5 heteroatoms. The van der Waals surface area contributed by atoms with E-state index in [1.807, 2.05) is 11.7 Å². The predicted octanol–water partition coefficient (Wildman–Crippen LogP) is 2.09. The lowest BCUT2D eigenvalue weighted by Gasteiger charge is -2.37. The Kier molecular flexibility index (Phi) is 3.58. The zero-order chi connectivity index (χ0) is 13.6. The fourth-order valence-corrected chi connectivity index (χ4v) is 4.09. The van der Waals surface area contributed by atoms with Crippen LogP contribution in [0.4, 0.5) is 0 Å². The summed E-state index contributed by atoms with van der Waals surface area (Å²) in [5, 5.41) is 5.37. The molecule has 106 valence electrons. The second kappa shape index (κ2) is 5.08. The smallest absolute Gasteiger partial charge is 0.0863 e. The Labute approximate surface area is 119 Å². The zero-order valence-corrected chi connectivity index (χ0v) is 12.5. The second-order valence-electron chi connectivity index (χ2n) is 5.97. The van der Waals surface area contributed by atoms with Crippen molar-refractivity contribution in [3.05, 3.63) is 16.4 Å². The van der Waals surface area contributed by atoms with Gasteiger partial charge in [0.1, 0.15) is 0 Å². The minimum atomic E-state index is 0.391. The van der Waals surface area contributed by atoms with Crippen LogP contribution in [0.15, 0.2) is 0 Å². The molecule has 2 aliphatic heterocycles. The first kappa shape index (κ1) is 13.4. The summed E-state index contributed by atoms with van der Waals surface area (Å²) in [6.45, 7) is 3.02. The third kappa shape index (κ3) is 2.30. The Morgan fingerprint density at radius 3 is 2.47 bits per heavy atom. The van der Waals surface area contributed by atoms with Crippen molar-refractivity contribution in [3.63, 3.8) is 0 Å². The van der Waals surface area contributed by atoms with E-state index in [2.05, 4.69) is 16.9 Å². The molecule has 0 saturated carbocycles. The van der Waals surface area contributed by atoms with Crippen LogP contribution in [-0.4, -0.2) is 32.8 Å². The molecule has 4 nitrogen and oxygen atoms in total. The maximum Gasteiger partial charge on any atom is 0.0863 e. The minimum absolute atomic E-state index is 0.391. The summed E-state index contributed by atoms with van der Waals surface area (Å²) >= 11 is 6.46. The van der Waals surface area contributed by atoms with Gasteiger partial charge >= 0.3 is 0 Å². The number of aryl methyl sites for hydroxylation is 2. The molecule has 0 aromatic carbocycles. The van der Waals surface area contributed by atoms with E-state index in [1.165, 1.54) is 12.8 Å². The number of nitrogens with zero attached hydrogens (tertiary/aromatic N) is 3. The molecule has 2 fully saturated rings. The molecule has 3 rings (SSSR count). The molecule has 2 saturated heterocycles. The van der Waals surface area contributed by atoms with Crippen LogP contribution in [0.5, 0.6) is 0 Å². The van der Waals surface area contributed by atoms with Crippen LogP contribution in [0.2, 0.25) is 5.02 Å². The molecule has 0 radical (unpaired) electrons. The van der Waals surface area contributed by atoms with Gasteiger partial charge in [-0.3, -0.25) is 9.58 Å². The van der Waals surface area contributed by atoms with Crippen molar-refractivity contribution >= 4 is 11.6 Å². The molecule has 2 unspecified atom stereocenters. The van der Waals surface area contributed by atoms with Gasteiger partial charge in [0.15, 0.2) is 0 Å². The van der Waals surface area contributed by atoms with E-state index in [0.29, 0.717) is 18.1 Å². The third-order valence-electron chi connectivity index (χ3n) is 4.76. The van der Waals surface area contributed by atoms with Crippen LogP contribution >= 0.6 is 11.6 Å². The number of halogens is 1. The van der Waals surface area contributed by atoms with Gasteiger partial charge in [0.2, 0.25) is 0 Å². The topological polar surface area (TPSA) is 47.1 Å². The summed E-state index contributed by atoms with van der Waals surface area (Å²) in [7, 11) is 2.00. The number of aromatic nitrogens is 2. The van der Waals surface area contributed by atoms with Crippen LogP contribution in [0, 0.1) is 0 Å². The molecule has 2 aliphatic rings. The average Bonchev–Trinajstić information content (AvgIpc) is 2.77. The molecular weight excluding hydrogens is 260 g/mol. The molecule has 0 amide bonds. The van der Waals surface area contributed by atoms with Crippen molar-refractivity contribution in [1.29, 1.82) is 0 Å². The van der Waals surface area contributed by atoms with E-state index in [0.717, 1.165) is 42.2 Å². The summed E-state index contributed by atoms with van der Waals surface area (Å²) in [6.07, 6.45) is 5.73. The molecule has 0 spiro atoms. The Bertz CT molecular complexity index is 456. The highest BCUT2D eigenvalue weighted by Gasteiger charge is 2.40. The maximum absolute atomic E-state index is 6.46. The number of rotatable bonds is 3. The third-order valence-corrected chi connectivity index (χ3v) is 5.19. The van der Waals surface area contributed by atoms with Crippen LogP contribution in [-0.2, 0) is 20.0 Å². The average molecular weight is 283 g/mol. The van der Waals surface area contributed by atoms with Gasteiger partial charge in [0, 0.05) is 31.7 Å². The quantitative estimate of drug-likeness (QED) is 0.923. The first-order valence-electron chi connectivity index (χ1n) is 7.31. The summed E-state index contributed by atoms with van der Waals surface area (Å²) in [6, 6.07) is 1.68. The van der Waals surface area contributed by atoms with Gasteiger partial charge in [0.05, 0.1) is 16.4 Å². The van der Waals surface area contributed by atoms with Gasteiger partial charge in [-0.2, -0.15) is 5.10 Å². The van der Waals surface area contributed by atoms with E-state index in [9.17, 15) is 0 Å². The van der Waals surface area contributed by atoms with Gasteiger partial charge in [-0.05, 0) is 32.1 Å². The van der Waals surface area contributed by atoms with Gasteiger partial charge in [-0.1, -0.05) is 18.5 Å². The number of hydrogen-bond acceptors (Lipinski definition) is 3. The lowest BCUT2D eigenvalue weighted by molar-refractivity contribution is 0.117. The highest BCUT2D eigenvalue weighted by molar-refractivity contribution is 6.31. The lowest BCUT2D eigenvalue weighted by Crippen LogP contribution is -2.47. The van der Waals surface area contributed by atoms with Crippen molar-refractivity contribution in [2.75, 3.05) is 0 Å². The molecule has 1 aromatic rings. The van der Waals surface area contributed by atoms with Crippen molar-refractivity contribution in [2.45, 2.75) is 63.7 Å². The zero-order valence-electron chi connectivity index (χ0n) is 11.8. The van der Waals surface area contributed by atoms with Crippen LogP contribution < -0.4 is 5.73 Å². The first-order chi connectivity index (χ1) is 9.10. The van der Waals surface area contributed by atoms with E-state index in [4.69, 9.17) is 17.3 Å². The summed E-state index contributed by atoms with van der Waals surface area (Å²) in [5.41, 5.74) is 8.30. The van der Waals surface area contributed by atoms with Crippen LogP contribution in [0.1, 0.15) is 44.0 Å². The normalized spacial score (nSPS) is 31.1.